The van der Waals surface area contributed by atoms with E-state index in [1.807, 2.05) is 0 Å². The first-order chi connectivity index (χ1) is 9.75. The predicted octanol–water partition coefficient (Wildman–Crippen LogP) is 2.44. The number of hydrogen-bond acceptors (Lipinski definition) is 5. The van der Waals surface area contributed by atoms with E-state index in [9.17, 15) is 22.3 Å². The zero-order chi connectivity index (χ0) is 15.7. The number of nitrogens with zero attached hydrogens (tertiary/aromatic N) is 2. The Morgan fingerprint density at radius 3 is 2.10 bits per heavy atom. The van der Waals surface area contributed by atoms with Crippen molar-refractivity contribution in [3.63, 3.8) is 0 Å². The van der Waals surface area contributed by atoms with Crippen LogP contribution in [0.2, 0.25) is 0 Å². The van der Waals surface area contributed by atoms with Gasteiger partial charge < -0.3 is 5.11 Å². The molecule has 9 heteroatoms. The monoisotopic (exact) mass is 316 g/mol. The van der Waals surface area contributed by atoms with Crippen LogP contribution in [0.5, 0.6) is 0 Å². The Morgan fingerprint density at radius 1 is 1.10 bits per heavy atom. The molecule has 0 unspecified atom stereocenters. The van der Waals surface area contributed by atoms with Crippen LogP contribution in [0, 0.1) is 0 Å². The van der Waals surface area contributed by atoms with E-state index >= 15 is 0 Å². The van der Waals surface area contributed by atoms with Gasteiger partial charge in [-0.05, 0) is 24.3 Å². The lowest BCUT2D eigenvalue weighted by Gasteiger charge is -2.25. The smallest absolute Gasteiger partial charge is 0.308 e. The third kappa shape index (κ3) is 2.89. The molecule has 2 N–H and O–H groups in total. The molecule has 0 radical (unpaired) electrons. The van der Waals surface area contributed by atoms with Crippen LogP contribution in [0.15, 0.2) is 64.4 Å². The summed E-state index contributed by atoms with van der Waals surface area (Å²) in [7, 11) is -5.42. The largest absolute Gasteiger partial charge is 0.362 e. The maximum absolute atomic E-state index is 13.6. The highest BCUT2D eigenvalue weighted by molar-refractivity contribution is 7.87. The van der Waals surface area contributed by atoms with Gasteiger partial charge in [0.05, 0.1) is 5.69 Å². The van der Waals surface area contributed by atoms with Gasteiger partial charge in [-0.15, -0.1) is 0 Å². The molecule has 1 aromatic rings. The fraction of sp³-hybridized carbons (Fsp3) is 0.167. The van der Waals surface area contributed by atoms with Crippen molar-refractivity contribution in [2.75, 3.05) is 0 Å². The van der Waals surface area contributed by atoms with Gasteiger partial charge in [0, 0.05) is 0 Å². The van der Waals surface area contributed by atoms with Crippen LogP contribution in [0.3, 0.4) is 0 Å². The van der Waals surface area contributed by atoms with Gasteiger partial charge in [-0.3, -0.25) is 4.55 Å². The van der Waals surface area contributed by atoms with E-state index in [0.717, 1.165) is 0 Å². The molecule has 2 rings (SSSR count). The minimum Gasteiger partial charge on any atom is -0.362 e. The van der Waals surface area contributed by atoms with E-state index in [-0.39, 0.29) is 0 Å². The molecule has 0 aromatic heterocycles. The first kappa shape index (κ1) is 15.4. The topological polar surface area (TPSA) is 99.3 Å². The molecule has 1 aliphatic rings. The van der Waals surface area contributed by atoms with E-state index in [0.29, 0.717) is 17.8 Å². The SMILES string of the molecule is O=S(=O)(O)C1(O)C(F)=CC(/N=N/c2ccccc2)C=C1F. The lowest BCUT2D eigenvalue weighted by atomic mass is 10.1. The number of aliphatic hydroxyl groups is 1. The van der Waals surface area contributed by atoms with Crippen molar-refractivity contribution >= 4 is 15.8 Å². The molecule has 0 heterocycles. The van der Waals surface area contributed by atoms with Crippen LogP contribution in [-0.2, 0) is 10.1 Å². The molecular weight excluding hydrogens is 306 g/mol. The van der Waals surface area contributed by atoms with Crippen LogP contribution in [0.25, 0.3) is 0 Å². The maximum Gasteiger partial charge on any atom is 0.308 e. The highest BCUT2D eigenvalue weighted by atomic mass is 32.2. The second kappa shape index (κ2) is 5.43. The molecule has 0 saturated carbocycles. The van der Waals surface area contributed by atoms with Crippen molar-refractivity contribution in [3.05, 3.63) is 54.1 Å². The van der Waals surface area contributed by atoms with Gasteiger partial charge in [-0.25, -0.2) is 8.78 Å². The van der Waals surface area contributed by atoms with Crippen LogP contribution < -0.4 is 0 Å². The zero-order valence-corrected chi connectivity index (χ0v) is 11.2. The Labute approximate surface area is 118 Å². The molecule has 0 saturated heterocycles. The lowest BCUT2D eigenvalue weighted by Crippen LogP contribution is -2.42. The molecule has 0 atom stereocenters. The summed E-state index contributed by atoms with van der Waals surface area (Å²) in [6.07, 6.45) is 1.09. The highest BCUT2D eigenvalue weighted by Gasteiger charge is 2.52. The molecule has 0 bridgehead atoms. The molecule has 0 fully saturated rings. The van der Waals surface area contributed by atoms with Crippen LogP contribution in [-0.4, -0.2) is 29.1 Å². The van der Waals surface area contributed by atoms with Crippen LogP contribution >= 0.6 is 0 Å². The van der Waals surface area contributed by atoms with Gasteiger partial charge >= 0.3 is 10.1 Å². The normalized spacial score (nSPS) is 26.6. The maximum atomic E-state index is 13.6. The summed E-state index contributed by atoms with van der Waals surface area (Å²) in [5, 5.41) is 16.8. The van der Waals surface area contributed by atoms with Gasteiger partial charge in [-0.2, -0.15) is 18.6 Å². The Bertz CT molecular complexity index is 709. The van der Waals surface area contributed by atoms with Crippen molar-refractivity contribution in [2.45, 2.75) is 11.0 Å². The molecular formula is C12H10F2N2O4S. The number of azo groups is 1. The van der Waals surface area contributed by atoms with Gasteiger partial charge in [0.15, 0.2) is 11.7 Å². The van der Waals surface area contributed by atoms with E-state index < -0.39 is 32.7 Å². The standard InChI is InChI=1S/C12H10F2N2O4S/c13-10-6-9(16-15-8-4-2-1-3-5-8)7-11(14)12(10,17)21(18,19)20/h1-7,9,17H,(H,18,19,20)/b16-15+. The van der Waals surface area contributed by atoms with E-state index in [1.165, 1.54) is 0 Å². The molecule has 21 heavy (non-hydrogen) atoms. The predicted molar refractivity (Wildman–Crippen MR) is 69.6 cm³/mol. The Balaban J connectivity index is 2.31. The number of benzene rings is 1. The van der Waals surface area contributed by atoms with Gasteiger partial charge in [0.1, 0.15) is 6.04 Å². The molecule has 112 valence electrons. The zero-order valence-electron chi connectivity index (χ0n) is 10.4. The summed E-state index contributed by atoms with van der Waals surface area (Å²) in [6.45, 7) is 0. The van der Waals surface area contributed by atoms with E-state index in [4.69, 9.17) is 4.55 Å². The fourth-order valence-corrected chi connectivity index (χ4v) is 2.26. The van der Waals surface area contributed by atoms with E-state index in [2.05, 4.69) is 10.2 Å². The number of rotatable bonds is 3. The molecule has 0 aliphatic heterocycles. The summed E-state index contributed by atoms with van der Waals surface area (Å²) >= 11 is 0. The van der Waals surface area contributed by atoms with Crippen LogP contribution in [0.4, 0.5) is 14.5 Å². The molecule has 1 aromatic carbocycles. The summed E-state index contributed by atoms with van der Waals surface area (Å²) in [4.78, 5) is -3.72. The third-order valence-corrected chi connectivity index (χ3v) is 3.85. The van der Waals surface area contributed by atoms with Crippen molar-refractivity contribution in [2.24, 2.45) is 10.2 Å². The molecule has 1 aliphatic carbocycles. The third-order valence-electron chi connectivity index (χ3n) is 2.72. The van der Waals surface area contributed by atoms with Crippen molar-refractivity contribution < 1.29 is 26.9 Å². The summed E-state index contributed by atoms with van der Waals surface area (Å²) in [6, 6.07) is 7.05. The molecule has 0 spiro atoms. The lowest BCUT2D eigenvalue weighted by molar-refractivity contribution is 0.130. The summed E-state index contributed by atoms with van der Waals surface area (Å²) in [5.74, 6) is -3.55. The van der Waals surface area contributed by atoms with E-state index in [1.54, 1.807) is 30.3 Å². The average molecular weight is 316 g/mol. The number of halogens is 2. The fourth-order valence-electron chi connectivity index (χ4n) is 1.63. The average Bonchev–Trinajstić information content (AvgIpc) is 2.42. The Morgan fingerprint density at radius 2 is 1.62 bits per heavy atom. The Kier molecular flexibility index (Phi) is 3.99. The summed E-state index contributed by atoms with van der Waals surface area (Å²) < 4.78 is 57.8. The summed E-state index contributed by atoms with van der Waals surface area (Å²) in [5.41, 5.74) is 0.427. The van der Waals surface area contributed by atoms with Crippen molar-refractivity contribution in [1.82, 2.24) is 0 Å². The number of hydrogen-bond donors (Lipinski definition) is 2. The van der Waals surface area contributed by atoms with Crippen molar-refractivity contribution in [1.29, 1.82) is 0 Å². The van der Waals surface area contributed by atoms with Gasteiger partial charge in [0.2, 0.25) is 0 Å². The van der Waals surface area contributed by atoms with Gasteiger partial charge in [-0.1, -0.05) is 18.2 Å². The molecule has 0 amide bonds. The second-order valence-corrected chi connectivity index (χ2v) is 5.73. The Hall–Kier alpha value is -1.97. The molecule has 6 nitrogen and oxygen atoms in total. The first-order valence-corrected chi connectivity index (χ1v) is 7.10. The quantitative estimate of drug-likeness (QED) is 0.661. The van der Waals surface area contributed by atoms with Crippen molar-refractivity contribution in [3.8, 4) is 0 Å². The second-order valence-electron chi connectivity index (χ2n) is 4.19. The van der Waals surface area contributed by atoms with Crippen LogP contribution in [0.1, 0.15) is 0 Å². The van der Waals surface area contributed by atoms with Gasteiger partial charge in [0.25, 0.3) is 4.93 Å². The minimum absolute atomic E-state index is 0.427. The first-order valence-electron chi connectivity index (χ1n) is 5.66. The highest BCUT2D eigenvalue weighted by Crippen LogP contribution is 2.37. The minimum atomic E-state index is -5.42.